The molecule has 2 nitrogen and oxygen atoms in total. The van der Waals surface area contributed by atoms with E-state index in [0.29, 0.717) is 6.04 Å². The third kappa shape index (κ3) is 3.83. The Morgan fingerprint density at radius 2 is 2.00 bits per heavy atom. The minimum atomic E-state index is 0.213. The fourth-order valence-corrected chi connectivity index (χ4v) is 2.78. The maximum Gasteiger partial charge on any atom is 0.0254 e. The Kier molecular flexibility index (Phi) is 3.85. The van der Waals surface area contributed by atoms with Gasteiger partial charge in [-0.1, -0.05) is 30.3 Å². The summed E-state index contributed by atoms with van der Waals surface area (Å²) >= 11 is 0. The van der Waals surface area contributed by atoms with Gasteiger partial charge in [0.2, 0.25) is 0 Å². The fourth-order valence-electron chi connectivity index (χ4n) is 2.78. The van der Waals surface area contributed by atoms with E-state index in [-0.39, 0.29) is 5.54 Å². The maximum absolute atomic E-state index is 3.69. The Bertz CT molecular complexity index is 345. The van der Waals surface area contributed by atoms with E-state index in [4.69, 9.17) is 0 Å². The predicted octanol–water partition coefficient (Wildman–Crippen LogP) is 2.65. The van der Waals surface area contributed by atoms with Crippen LogP contribution in [0.5, 0.6) is 0 Å². The van der Waals surface area contributed by atoms with Crippen LogP contribution in [0, 0.1) is 0 Å². The first kappa shape index (κ1) is 12.6. The van der Waals surface area contributed by atoms with E-state index in [0.717, 1.165) is 13.1 Å². The number of nitrogens with zero attached hydrogens (tertiary/aromatic N) is 1. The molecular weight excluding hydrogens is 208 g/mol. The Labute approximate surface area is 105 Å². The van der Waals surface area contributed by atoms with E-state index in [1.165, 1.54) is 18.5 Å². The van der Waals surface area contributed by atoms with Crippen LogP contribution in [-0.2, 0) is 6.54 Å². The molecule has 2 heteroatoms. The number of nitrogens with one attached hydrogen (secondary N) is 1. The minimum absolute atomic E-state index is 0.213. The van der Waals surface area contributed by atoms with Crippen LogP contribution < -0.4 is 5.32 Å². The van der Waals surface area contributed by atoms with Gasteiger partial charge in [0.05, 0.1) is 0 Å². The molecule has 1 aromatic rings. The second-order valence-corrected chi connectivity index (χ2v) is 5.91. The van der Waals surface area contributed by atoms with Gasteiger partial charge in [0.25, 0.3) is 0 Å². The summed E-state index contributed by atoms with van der Waals surface area (Å²) in [7, 11) is 0. The van der Waals surface area contributed by atoms with Crippen LogP contribution in [0.4, 0.5) is 0 Å². The summed E-state index contributed by atoms with van der Waals surface area (Å²) in [5, 5.41) is 3.69. The van der Waals surface area contributed by atoms with Crippen LogP contribution in [0.1, 0.15) is 32.8 Å². The lowest BCUT2D eigenvalue weighted by Gasteiger charge is -2.31. The first-order valence-electron chi connectivity index (χ1n) is 6.59. The van der Waals surface area contributed by atoms with Crippen molar-refractivity contribution in [3.05, 3.63) is 35.9 Å². The van der Waals surface area contributed by atoms with Crippen molar-refractivity contribution in [3.63, 3.8) is 0 Å². The molecule has 0 saturated carbocycles. The third-order valence-electron chi connectivity index (χ3n) is 3.38. The predicted molar refractivity (Wildman–Crippen MR) is 73.0 cm³/mol. The van der Waals surface area contributed by atoms with Crippen molar-refractivity contribution in [2.24, 2.45) is 0 Å². The standard InChI is InChI=1S/C15H24N2/c1-13-9-10-17(12-15(2,3)16-13)11-14-7-5-4-6-8-14/h4-8,13,16H,9-12H2,1-3H3. The second kappa shape index (κ2) is 5.19. The van der Waals surface area contributed by atoms with Crippen LogP contribution in [0.15, 0.2) is 30.3 Å². The van der Waals surface area contributed by atoms with Crippen LogP contribution in [0.3, 0.4) is 0 Å². The molecule has 1 unspecified atom stereocenters. The number of hydrogen-bond acceptors (Lipinski definition) is 2. The first-order chi connectivity index (χ1) is 8.05. The molecule has 2 rings (SSSR count). The van der Waals surface area contributed by atoms with E-state index in [2.05, 4.69) is 61.3 Å². The molecule has 1 heterocycles. The fraction of sp³-hybridized carbons (Fsp3) is 0.600. The SMILES string of the molecule is CC1CCN(Cc2ccccc2)CC(C)(C)N1. The average Bonchev–Trinajstić information content (AvgIpc) is 2.38. The minimum Gasteiger partial charge on any atom is -0.308 e. The second-order valence-electron chi connectivity index (χ2n) is 5.91. The summed E-state index contributed by atoms with van der Waals surface area (Å²) in [5.74, 6) is 0. The van der Waals surface area contributed by atoms with Crippen LogP contribution in [-0.4, -0.2) is 29.6 Å². The van der Waals surface area contributed by atoms with E-state index >= 15 is 0 Å². The van der Waals surface area contributed by atoms with Crippen LogP contribution in [0.25, 0.3) is 0 Å². The van der Waals surface area contributed by atoms with Gasteiger partial charge < -0.3 is 5.32 Å². The quantitative estimate of drug-likeness (QED) is 0.843. The molecule has 0 aliphatic carbocycles. The van der Waals surface area contributed by atoms with Gasteiger partial charge in [-0.2, -0.15) is 0 Å². The summed E-state index contributed by atoms with van der Waals surface area (Å²) in [5.41, 5.74) is 1.63. The number of hydrogen-bond donors (Lipinski definition) is 1. The van der Waals surface area contributed by atoms with Gasteiger partial charge in [0, 0.05) is 31.2 Å². The summed E-state index contributed by atoms with van der Waals surface area (Å²) in [6.07, 6.45) is 1.23. The molecule has 1 atom stereocenters. The zero-order valence-electron chi connectivity index (χ0n) is 11.2. The summed E-state index contributed by atoms with van der Waals surface area (Å²) in [4.78, 5) is 2.56. The highest BCUT2D eigenvalue weighted by molar-refractivity contribution is 5.14. The van der Waals surface area contributed by atoms with Crippen molar-refractivity contribution in [1.29, 1.82) is 0 Å². The van der Waals surface area contributed by atoms with Crippen molar-refractivity contribution in [3.8, 4) is 0 Å². The van der Waals surface area contributed by atoms with Gasteiger partial charge in [0.15, 0.2) is 0 Å². The zero-order valence-corrected chi connectivity index (χ0v) is 11.2. The molecule has 1 aromatic carbocycles. The van der Waals surface area contributed by atoms with Crippen molar-refractivity contribution >= 4 is 0 Å². The van der Waals surface area contributed by atoms with E-state index in [1.54, 1.807) is 0 Å². The lowest BCUT2D eigenvalue weighted by Crippen LogP contribution is -2.48. The molecule has 0 amide bonds. The third-order valence-corrected chi connectivity index (χ3v) is 3.38. The molecule has 1 fully saturated rings. The highest BCUT2D eigenvalue weighted by Crippen LogP contribution is 2.16. The molecule has 0 radical (unpaired) electrons. The Balaban J connectivity index is 2.01. The lowest BCUT2D eigenvalue weighted by atomic mass is 10.0. The van der Waals surface area contributed by atoms with Crippen LogP contribution >= 0.6 is 0 Å². The van der Waals surface area contributed by atoms with Crippen molar-refractivity contribution in [2.45, 2.75) is 45.3 Å². The van der Waals surface area contributed by atoms with Gasteiger partial charge in [-0.25, -0.2) is 0 Å². The number of rotatable bonds is 2. The van der Waals surface area contributed by atoms with Crippen molar-refractivity contribution in [2.75, 3.05) is 13.1 Å². The normalized spacial score (nSPS) is 25.5. The maximum atomic E-state index is 3.69. The molecule has 1 saturated heterocycles. The Morgan fingerprint density at radius 1 is 1.29 bits per heavy atom. The van der Waals surface area contributed by atoms with Crippen molar-refractivity contribution in [1.82, 2.24) is 10.2 Å². The monoisotopic (exact) mass is 232 g/mol. The molecule has 0 aromatic heterocycles. The summed E-state index contributed by atoms with van der Waals surface area (Å²) in [6, 6.07) is 11.4. The summed E-state index contributed by atoms with van der Waals surface area (Å²) in [6.45, 7) is 10.3. The summed E-state index contributed by atoms with van der Waals surface area (Å²) < 4.78 is 0. The molecule has 94 valence electrons. The van der Waals surface area contributed by atoms with E-state index in [1.807, 2.05) is 0 Å². The number of benzene rings is 1. The lowest BCUT2D eigenvalue weighted by molar-refractivity contribution is 0.223. The largest absolute Gasteiger partial charge is 0.308 e. The molecule has 0 spiro atoms. The molecule has 1 aliphatic heterocycles. The average molecular weight is 232 g/mol. The van der Waals surface area contributed by atoms with Gasteiger partial charge in [-0.05, 0) is 32.8 Å². The Hall–Kier alpha value is -0.860. The molecular formula is C15H24N2. The highest BCUT2D eigenvalue weighted by Gasteiger charge is 2.26. The highest BCUT2D eigenvalue weighted by atomic mass is 15.2. The van der Waals surface area contributed by atoms with E-state index < -0.39 is 0 Å². The van der Waals surface area contributed by atoms with E-state index in [9.17, 15) is 0 Å². The zero-order chi connectivity index (χ0) is 12.3. The molecule has 17 heavy (non-hydrogen) atoms. The first-order valence-corrected chi connectivity index (χ1v) is 6.59. The smallest absolute Gasteiger partial charge is 0.0254 e. The topological polar surface area (TPSA) is 15.3 Å². The molecule has 1 aliphatic rings. The van der Waals surface area contributed by atoms with Gasteiger partial charge in [-0.3, -0.25) is 4.90 Å². The Morgan fingerprint density at radius 3 is 2.71 bits per heavy atom. The van der Waals surface area contributed by atoms with Crippen LogP contribution in [0.2, 0.25) is 0 Å². The van der Waals surface area contributed by atoms with Gasteiger partial charge in [0.1, 0.15) is 0 Å². The van der Waals surface area contributed by atoms with Gasteiger partial charge >= 0.3 is 0 Å². The van der Waals surface area contributed by atoms with Crippen molar-refractivity contribution < 1.29 is 0 Å². The molecule has 1 N–H and O–H groups in total. The molecule has 0 bridgehead atoms. The van der Waals surface area contributed by atoms with Gasteiger partial charge in [-0.15, -0.1) is 0 Å².